The normalized spacial score (nSPS) is 14.4. The van der Waals surface area contributed by atoms with Crippen LogP contribution in [0.4, 0.5) is 0 Å². The number of phosphoric acid groups is 1. The Hall–Kier alpha value is -1.02. The van der Waals surface area contributed by atoms with Crippen molar-refractivity contribution in [3.05, 3.63) is 24.3 Å². The summed E-state index contributed by atoms with van der Waals surface area (Å²) in [4.78, 5) is 23.2. The number of carbonyl (C=O) groups is 1. The fourth-order valence-corrected chi connectivity index (χ4v) is 7.97. The molecule has 0 radical (unpaired) electrons. The van der Waals surface area contributed by atoms with Crippen molar-refractivity contribution in [3.63, 3.8) is 0 Å². The SMILES string of the molecule is CCCCCCCCCCC/C=C/CC/C=C/C(O)C(COP(=O)(O)OCC[N+](C)(C)C)NC(=O)CCCCCCCCCCCCCCCCCCCCCCC. The number of carbonyl (C=O) groups excluding carboxylic acids is 1. The minimum absolute atomic E-state index is 0.0584. The maximum Gasteiger partial charge on any atom is 0.472 e. The van der Waals surface area contributed by atoms with E-state index in [0.29, 0.717) is 17.4 Å². The van der Waals surface area contributed by atoms with Crippen molar-refractivity contribution in [1.29, 1.82) is 0 Å². The summed E-state index contributed by atoms with van der Waals surface area (Å²) in [5.41, 5.74) is 0. The number of rotatable bonds is 45. The number of unbranched alkanes of at least 4 members (excludes halogenated alkanes) is 30. The second-order valence-corrected chi connectivity index (χ2v) is 19.6. The second-order valence-electron chi connectivity index (χ2n) is 18.2. The van der Waals surface area contributed by atoms with Gasteiger partial charge < -0.3 is 19.8 Å². The average Bonchev–Trinajstić information content (AvgIpc) is 3.17. The molecule has 9 heteroatoms. The Kier molecular flexibility index (Phi) is 40.6. The summed E-state index contributed by atoms with van der Waals surface area (Å²) in [7, 11) is 1.56. The van der Waals surface area contributed by atoms with Gasteiger partial charge in [0.2, 0.25) is 5.91 Å². The molecule has 0 rings (SSSR count). The van der Waals surface area contributed by atoms with Gasteiger partial charge in [0.05, 0.1) is 39.9 Å². The third-order valence-electron chi connectivity index (χ3n) is 11.2. The maximum atomic E-state index is 12.9. The molecule has 58 heavy (non-hydrogen) atoms. The van der Waals surface area contributed by atoms with Gasteiger partial charge in [0.15, 0.2) is 0 Å². The van der Waals surface area contributed by atoms with Gasteiger partial charge in [0, 0.05) is 6.42 Å². The van der Waals surface area contributed by atoms with Crippen LogP contribution in [0.25, 0.3) is 0 Å². The summed E-state index contributed by atoms with van der Waals surface area (Å²) in [6.07, 6.45) is 49.7. The Morgan fingerprint density at radius 3 is 1.38 bits per heavy atom. The minimum atomic E-state index is -4.34. The van der Waals surface area contributed by atoms with Gasteiger partial charge in [0.25, 0.3) is 0 Å². The molecule has 0 heterocycles. The molecule has 0 aliphatic heterocycles. The van der Waals surface area contributed by atoms with E-state index in [2.05, 4.69) is 31.3 Å². The largest absolute Gasteiger partial charge is 0.472 e. The summed E-state index contributed by atoms with van der Waals surface area (Å²) < 4.78 is 23.6. The van der Waals surface area contributed by atoms with Crippen molar-refractivity contribution in [2.45, 2.75) is 244 Å². The molecule has 0 aromatic carbocycles. The molecule has 0 bridgehead atoms. The van der Waals surface area contributed by atoms with Crippen molar-refractivity contribution >= 4 is 13.7 Å². The van der Waals surface area contributed by atoms with E-state index in [0.717, 1.165) is 38.5 Å². The maximum absolute atomic E-state index is 12.9. The molecule has 0 aromatic heterocycles. The number of nitrogens with one attached hydrogen (secondary N) is 1. The molecule has 0 aliphatic rings. The first kappa shape index (κ1) is 57.0. The van der Waals surface area contributed by atoms with Gasteiger partial charge in [-0.1, -0.05) is 218 Å². The molecule has 3 unspecified atom stereocenters. The summed E-state index contributed by atoms with van der Waals surface area (Å²) >= 11 is 0. The van der Waals surface area contributed by atoms with E-state index in [4.69, 9.17) is 9.05 Å². The first-order valence-electron chi connectivity index (χ1n) is 24.7. The predicted molar refractivity (Wildman–Crippen MR) is 249 cm³/mol. The van der Waals surface area contributed by atoms with Crippen molar-refractivity contribution in [1.82, 2.24) is 5.32 Å². The Morgan fingerprint density at radius 1 is 0.569 bits per heavy atom. The number of amides is 1. The zero-order chi connectivity index (χ0) is 42.8. The van der Waals surface area contributed by atoms with Gasteiger partial charge >= 0.3 is 7.82 Å². The minimum Gasteiger partial charge on any atom is -0.387 e. The van der Waals surface area contributed by atoms with E-state index in [1.807, 2.05) is 27.2 Å². The first-order valence-corrected chi connectivity index (χ1v) is 26.2. The molecule has 1 amide bonds. The first-order chi connectivity index (χ1) is 28.0. The molecule has 3 atom stereocenters. The molecule has 8 nitrogen and oxygen atoms in total. The van der Waals surface area contributed by atoms with Crippen molar-refractivity contribution in [2.75, 3.05) is 40.9 Å². The average molecular weight is 842 g/mol. The predicted octanol–water partition coefficient (Wildman–Crippen LogP) is 14.1. The van der Waals surface area contributed by atoms with Crippen molar-refractivity contribution in [3.8, 4) is 0 Å². The van der Waals surface area contributed by atoms with Crippen LogP contribution < -0.4 is 5.32 Å². The number of aliphatic hydroxyl groups excluding tert-OH is 1. The molecular weight excluding hydrogens is 744 g/mol. The van der Waals surface area contributed by atoms with E-state index in [1.54, 1.807) is 6.08 Å². The van der Waals surface area contributed by atoms with Crippen LogP contribution in [0.15, 0.2) is 24.3 Å². The van der Waals surface area contributed by atoms with Gasteiger partial charge in [-0.25, -0.2) is 4.57 Å². The van der Waals surface area contributed by atoms with E-state index >= 15 is 0 Å². The standard InChI is InChI=1S/C49H97N2O6P/c1-6-8-10-12-14-16-18-20-22-23-24-25-26-27-29-31-33-35-37-39-41-43-49(53)50-47(46-57-58(54,55)56-45-44-51(3,4)5)48(52)42-40-38-36-34-32-30-28-21-19-17-15-13-11-9-7-2/h32,34,40,42,47-48,52H,6-31,33,35-39,41,43-46H2,1-5H3,(H-,50,53,54,55)/p+1/b34-32+,42-40+. The number of phosphoric ester groups is 1. The molecule has 344 valence electrons. The van der Waals surface area contributed by atoms with Crippen LogP contribution in [0.3, 0.4) is 0 Å². The summed E-state index contributed by atoms with van der Waals surface area (Å²) in [5.74, 6) is -0.183. The molecule has 0 aromatic rings. The number of hydrogen-bond donors (Lipinski definition) is 3. The molecule has 3 N–H and O–H groups in total. The summed E-state index contributed by atoms with van der Waals surface area (Å²) in [6.45, 7) is 4.81. The highest BCUT2D eigenvalue weighted by Gasteiger charge is 2.27. The Labute approximate surface area is 360 Å². The Balaban J connectivity index is 4.31. The van der Waals surface area contributed by atoms with Crippen molar-refractivity contribution in [2.24, 2.45) is 0 Å². The monoisotopic (exact) mass is 842 g/mol. The third-order valence-corrected chi connectivity index (χ3v) is 12.2. The molecule has 0 saturated heterocycles. The highest BCUT2D eigenvalue weighted by Crippen LogP contribution is 2.43. The number of hydrogen-bond acceptors (Lipinski definition) is 5. The zero-order valence-corrected chi connectivity index (χ0v) is 39.9. The van der Waals surface area contributed by atoms with Gasteiger partial charge in [0.1, 0.15) is 13.2 Å². The molecule has 0 saturated carbocycles. The van der Waals surface area contributed by atoms with Crippen LogP contribution in [0, 0.1) is 0 Å². The third kappa shape index (κ3) is 43.1. The second kappa shape index (κ2) is 41.3. The van der Waals surface area contributed by atoms with Gasteiger partial charge in [-0.15, -0.1) is 0 Å². The van der Waals surface area contributed by atoms with E-state index in [9.17, 15) is 19.4 Å². The van der Waals surface area contributed by atoms with Gasteiger partial charge in [-0.3, -0.25) is 13.8 Å². The molecule has 0 fully saturated rings. The fraction of sp³-hybridized carbons (Fsp3) is 0.898. The number of nitrogens with zero attached hydrogens (tertiary/aromatic N) is 1. The summed E-state index contributed by atoms with van der Waals surface area (Å²) in [6, 6.07) is -0.858. The van der Waals surface area contributed by atoms with Crippen LogP contribution in [0.2, 0.25) is 0 Å². The Morgan fingerprint density at radius 2 is 0.948 bits per heavy atom. The number of aliphatic hydroxyl groups is 1. The lowest BCUT2D eigenvalue weighted by atomic mass is 10.0. The van der Waals surface area contributed by atoms with Crippen LogP contribution in [0.5, 0.6) is 0 Å². The lowest BCUT2D eigenvalue weighted by molar-refractivity contribution is -0.870. The number of allylic oxidation sites excluding steroid dienone is 3. The van der Waals surface area contributed by atoms with Gasteiger partial charge in [-0.2, -0.15) is 0 Å². The van der Waals surface area contributed by atoms with Crippen LogP contribution in [0.1, 0.15) is 232 Å². The van der Waals surface area contributed by atoms with Crippen LogP contribution in [-0.4, -0.2) is 73.4 Å². The highest BCUT2D eigenvalue weighted by molar-refractivity contribution is 7.47. The van der Waals surface area contributed by atoms with Crippen molar-refractivity contribution < 1.29 is 32.9 Å². The number of quaternary nitrogens is 1. The smallest absolute Gasteiger partial charge is 0.387 e. The van der Waals surface area contributed by atoms with E-state index in [1.165, 1.54) is 173 Å². The molecular formula is C49H98N2O6P+. The highest BCUT2D eigenvalue weighted by atomic mass is 31.2. The van der Waals surface area contributed by atoms with Crippen LogP contribution in [-0.2, 0) is 18.4 Å². The quantitative estimate of drug-likeness (QED) is 0.0244. The Bertz CT molecular complexity index is 1000. The fourth-order valence-electron chi connectivity index (χ4n) is 7.23. The van der Waals surface area contributed by atoms with Gasteiger partial charge in [-0.05, 0) is 32.1 Å². The topological polar surface area (TPSA) is 105 Å². The molecule has 0 spiro atoms. The van der Waals surface area contributed by atoms with E-state index in [-0.39, 0.29) is 19.1 Å². The van der Waals surface area contributed by atoms with Crippen LogP contribution >= 0.6 is 7.82 Å². The van der Waals surface area contributed by atoms with E-state index < -0.39 is 20.0 Å². The number of likely N-dealkylation sites (N-methyl/N-ethyl adjacent to an activating group) is 1. The summed E-state index contributed by atoms with van der Waals surface area (Å²) in [5, 5.41) is 13.8. The lowest BCUT2D eigenvalue weighted by Gasteiger charge is -2.25. The molecule has 0 aliphatic carbocycles. The zero-order valence-electron chi connectivity index (χ0n) is 39.0. The lowest BCUT2D eigenvalue weighted by Crippen LogP contribution is -2.45.